The SMILES string of the molecule is CCOc1ccc(CCN/C=C(/C#N)C(=O)NCCc2ccc(O)cc2)cc1OCC. The van der Waals surface area contributed by atoms with E-state index in [1.54, 1.807) is 24.3 Å². The highest BCUT2D eigenvalue weighted by Gasteiger charge is 2.09. The number of carbonyl (C=O) groups excluding carboxylic acids is 1. The third kappa shape index (κ3) is 7.94. The molecule has 0 aliphatic heterocycles. The van der Waals surface area contributed by atoms with Crippen molar-refractivity contribution in [3.05, 3.63) is 65.4 Å². The number of nitrogens with zero attached hydrogens (tertiary/aromatic N) is 1. The normalized spacial score (nSPS) is 10.8. The predicted molar refractivity (Wildman–Crippen MR) is 119 cm³/mol. The molecule has 0 aliphatic rings. The van der Waals surface area contributed by atoms with Gasteiger partial charge in [0.15, 0.2) is 11.5 Å². The summed E-state index contributed by atoms with van der Waals surface area (Å²) >= 11 is 0. The Morgan fingerprint density at radius 1 is 1.00 bits per heavy atom. The Balaban J connectivity index is 1.81. The van der Waals surface area contributed by atoms with Crippen molar-refractivity contribution >= 4 is 5.91 Å². The molecule has 3 N–H and O–H groups in total. The molecule has 0 fully saturated rings. The fourth-order valence-corrected chi connectivity index (χ4v) is 2.87. The highest BCUT2D eigenvalue weighted by molar-refractivity contribution is 5.97. The average molecular weight is 424 g/mol. The smallest absolute Gasteiger partial charge is 0.263 e. The van der Waals surface area contributed by atoms with Gasteiger partial charge in [-0.25, -0.2) is 0 Å². The Kier molecular flexibility index (Phi) is 9.76. The zero-order valence-corrected chi connectivity index (χ0v) is 18.0. The fraction of sp³-hybridized carbons (Fsp3) is 0.333. The average Bonchev–Trinajstić information content (AvgIpc) is 2.77. The molecule has 0 saturated heterocycles. The van der Waals surface area contributed by atoms with Crippen molar-refractivity contribution in [3.8, 4) is 23.3 Å². The third-order valence-electron chi connectivity index (χ3n) is 4.41. The highest BCUT2D eigenvalue weighted by atomic mass is 16.5. The zero-order valence-electron chi connectivity index (χ0n) is 18.0. The van der Waals surface area contributed by atoms with Crippen molar-refractivity contribution in [1.82, 2.24) is 10.6 Å². The summed E-state index contributed by atoms with van der Waals surface area (Å²) in [5, 5.41) is 24.3. The molecular weight excluding hydrogens is 394 g/mol. The number of ether oxygens (including phenoxy) is 2. The Morgan fingerprint density at radius 3 is 2.32 bits per heavy atom. The molecule has 7 heteroatoms. The molecule has 0 atom stereocenters. The number of benzene rings is 2. The van der Waals surface area contributed by atoms with Gasteiger partial charge in [-0.05, 0) is 62.1 Å². The van der Waals surface area contributed by atoms with E-state index in [0.717, 1.165) is 16.9 Å². The maximum Gasteiger partial charge on any atom is 0.263 e. The molecule has 0 radical (unpaired) electrons. The van der Waals surface area contributed by atoms with Crippen LogP contribution in [-0.2, 0) is 17.6 Å². The number of rotatable bonds is 12. The Labute approximate surface area is 183 Å². The van der Waals surface area contributed by atoms with Gasteiger partial charge in [-0.2, -0.15) is 5.26 Å². The summed E-state index contributed by atoms with van der Waals surface area (Å²) in [5.74, 6) is 1.21. The van der Waals surface area contributed by atoms with Gasteiger partial charge in [0.2, 0.25) is 0 Å². The minimum atomic E-state index is -0.423. The van der Waals surface area contributed by atoms with E-state index in [9.17, 15) is 15.2 Å². The van der Waals surface area contributed by atoms with Crippen LogP contribution in [0.2, 0.25) is 0 Å². The highest BCUT2D eigenvalue weighted by Crippen LogP contribution is 2.28. The molecule has 2 aromatic rings. The molecule has 0 heterocycles. The lowest BCUT2D eigenvalue weighted by Crippen LogP contribution is -2.27. The minimum absolute atomic E-state index is 0.0207. The summed E-state index contributed by atoms with van der Waals surface area (Å²) in [6, 6.07) is 14.5. The van der Waals surface area contributed by atoms with E-state index in [2.05, 4.69) is 10.6 Å². The molecular formula is C24H29N3O4. The first-order valence-corrected chi connectivity index (χ1v) is 10.4. The number of phenolic OH excluding ortho intramolecular Hbond substituents is 1. The maximum atomic E-state index is 12.2. The van der Waals surface area contributed by atoms with Crippen LogP contribution in [0.3, 0.4) is 0 Å². The second-order valence-corrected chi connectivity index (χ2v) is 6.69. The maximum absolute atomic E-state index is 12.2. The number of hydrogen-bond acceptors (Lipinski definition) is 6. The van der Waals surface area contributed by atoms with Crippen LogP contribution < -0.4 is 20.1 Å². The van der Waals surface area contributed by atoms with E-state index >= 15 is 0 Å². The van der Waals surface area contributed by atoms with Gasteiger partial charge in [0, 0.05) is 19.3 Å². The summed E-state index contributed by atoms with van der Waals surface area (Å²) in [6.45, 7) is 5.93. The van der Waals surface area contributed by atoms with Gasteiger partial charge in [0.25, 0.3) is 5.91 Å². The second-order valence-electron chi connectivity index (χ2n) is 6.69. The van der Waals surface area contributed by atoms with Crippen LogP contribution in [0.25, 0.3) is 0 Å². The standard InChI is InChI=1S/C24H29N3O4/c1-3-30-22-10-7-19(15-23(22)31-4-2)11-13-26-17-20(16-25)24(29)27-14-12-18-5-8-21(28)9-6-18/h5-10,15,17,26,28H,3-4,11-14H2,1-2H3,(H,27,29)/b20-17-. The van der Waals surface area contributed by atoms with Crippen molar-refractivity contribution in [2.75, 3.05) is 26.3 Å². The van der Waals surface area contributed by atoms with E-state index in [1.807, 2.05) is 38.1 Å². The van der Waals surface area contributed by atoms with Crippen molar-refractivity contribution in [2.45, 2.75) is 26.7 Å². The third-order valence-corrected chi connectivity index (χ3v) is 4.41. The van der Waals surface area contributed by atoms with E-state index < -0.39 is 5.91 Å². The lowest BCUT2D eigenvalue weighted by atomic mass is 10.1. The Hall–Kier alpha value is -3.66. The van der Waals surface area contributed by atoms with E-state index in [0.29, 0.717) is 44.9 Å². The van der Waals surface area contributed by atoms with Gasteiger partial charge in [-0.15, -0.1) is 0 Å². The first kappa shape index (κ1) is 23.6. The number of nitriles is 1. The quantitative estimate of drug-likeness (QED) is 0.275. The van der Waals surface area contributed by atoms with Crippen LogP contribution >= 0.6 is 0 Å². The summed E-state index contributed by atoms with van der Waals surface area (Å²) < 4.78 is 11.2. The van der Waals surface area contributed by atoms with Crippen LogP contribution in [-0.4, -0.2) is 37.3 Å². The number of hydrogen-bond donors (Lipinski definition) is 3. The molecule has 0 saturated carbocycles. The van der Waals surface area contributed by atoms with E-state index in [-0.39, 0.29) is 11.3 Å². The van der Waals surface area contributed by atoms with Crippen molar-refractivity contribution < 1.29 is 19.4 Å². The number of nitrogens with one attached hydrogen (secondary N) is 2. The largest absolute Gasteiger partial charge is 0.508 e. The molecule has 0 aliphatic carbocycles. The van der Waals surface area contributed by atoms with Crippen molar-refractivity contribution in [3.63, 3.8) is 0 Å². The van der Waals surface area contributed by atoms with Crippen molar-refractivity contribution in [1.29, 1.82) is 5.26 Å². The molecule has 1 amide bonds. The molecule has 0 aromatic heterocycles. The summed E-state index contributed by atoms with van der Waals surface area (Å²) in [5.41, 5.74) is 2.07. The summed E-state index contributed by atoms with van der Waals surface area (Å²) in [4.78, 5) is 12.2. The first-order chi connectivity index (χ1) is 15.1. The zero-order chi connectivity index (χ0) is 22.5. The molecule has 2 aromatic carbocycles. The van der Waals surface area contributed by atoms with Crippen LogP contribution in [0.1, 0.15) is 25.0 Å². The molecule has 164 valence electrons. The topological polar surface area (TPSA) is 104 Å². The molecule has 7 nitrogen and oxygen atoms in total. The lowest BCUT2D eigenvalue weighted by Gasteiger charge is -2.12. The molecule has 2 rings (SSSR count). The van der Waals surface area contributed by atoms with Crippen molar-refractivity contribution in [2.24, 2.45) is 0 Å². The second kappa shape index (κ2) is 12.8. The van der Waals surface area contributed by atoms with Crippen LogP contribution in [0.15, 0.2) is 54.2 Å². The Bertz CT molecular complexity index is 917. The fourth-order valence-electron chi connectivity index (χ4n) is 2.87. The Morgan fingerprint density at radius 2 is 1.65 bits per heavy atom. The number of amides is 1. The van der Waals surface area contributed by atoms with Gasteiger partial charge >= 0.3 is 0 Å². The molecule has 0 bridgehead atoms. The van der Waals surface area contributed by atoms with Crippen LogP contribution in [0.5, 0.6) is 17.2 Å². The van der Waals surface area contributed by atoms with E-state index in [1.165, 1.54) is 6.20 Å². The molecule has 0 spiro atoms. The molecule has 0 unspecified atom stereocenters. The molecule has 31 heavy (non-hydrogen) atoms. The number of carbonyl (C=O) groups is 1. The predicted octanol–water partition coefficient (Wildman–Crippen LogP) is 3.09. The van der Waals surface area contributed by atoms with Crippen LogP contribution in [0.4, 0.5) is 0 Å². The lowest BCUT2D eigenvalue weighted by molar-refractivity contribution is -0.117. The number of phenols is 1. The summed E-state index contributed by atoms with van der Waals surface area (Å²) in [6.07, 6.45) is 2.75. The van der Waals surface area contributed by atoms with E-state index in [4.69, 9.17) is 9.47 Å². The monoisotopic (exact) mass is 423 g/mol. The van der Waals surface area contributed by atoms with Gasteiger partial charge in [0.1, 0.15) is 17.4 Å². The minimum Gasteiger partial charge on any atom is -0.508 e. The van der Waals surface area contributed by atoms with Gasteiger partial charge in [0.05, 0.1) is 13.2 Å². The van der Waals surface area contributed by atoms with Gasteiger partial charge < -0.3 is 25.2 Å². The first-order valence-electron chi connectivity index (χ1n) is 10.4. The van der Waals surface area contributed by atoms with Gasteiger partial charge in [-0.1, -0.05) is 18.2 Å². The number of aromatic hydroxyl groups is 1. The van der Waals surface area contributed by atoms with Crippen LogP contribution in [0, 0.1) is 11.3 Å². The van der Waals surface area contributed by atoms with Gasteiger partial charge in [-0.3, -0.25) is 4.79 Å². The summed E-state index contributed by atoms with van der Waals surface area (Å²) in [7, 11) is 0.